The van der Waals surface area contributed by atoms with E-state index in [4.69, 9.17) is 0 Å². The molecule has 1 saturated heterocycles. The van der Waals surface area contributed by atoms with Gasteiger partial charge in [-0.1, -0.05) is 54.1 Å². The number of aryl methyl sites for hydroxylation is 1. The molecule has 3 aromatic carbocycles. The van der Waals surface area contributed by atoms with E-state index in [0.717, 1.165) is 50.9 Å². The number of fused-ring (bicyclic) bond motifs is 3. The predicted molar refractivity (Wildman–Crippen MR) is 146 cm³/mol. The van der Waals surface area contributed by atoms with Crippen LogP contribution in [0.25, 0.3) is 21.8 Å². The van der Waals surface area contributed by atoms with Gasteiger partial charge in [0.25, 0.3) is 0 Å². The summed E-state index contributed by atoms with van der Waals surface area (Å²) < 4.78 is 30.5. The molecular weight excluding hydrogens is 486 g/mol. The van der Waals surface area contributed by atoms with Gasteiger partial charge < -0.3 is 14.6 Å². The van der Waals surface area contributed by atoms with Crippen molar-refractivity contribution in [3.05, 3.63) is 78.4 Å². The Labute approximate surface area is 218 Å². The largest absolute Gasteiger partial charge is 0.390 e. The van der Waals surface area contributed by atoms with Crippen LogP contribution in [0.1, 0.15) is 24.8 Å². The molecule has 1 N–H and O–H groups in total. The molecule has 1 amide bonds. The highest BCUT2D eigenvalue weighted by Crippen LogP contribution is 2.29. The molecule has 1 atom stereocenters. The quantitative estimate of drug-likeness (QED) is 0.379. The van der Waals surface area contributed by atoms with Crippen LogP contribution in [0.4, 0.5) is 0 Å². The first-order chi connectivity index (χ1) is 17.8. The van der Waals surface area contributed by atoms with Crippen molar-refractivity contribution in [3.8, 4) is 0 Å². The number of piperidine rings is 1. The summed E-state index contributed by atoms with van der Waals surface area (Å²) >= 11 is 0. The average molecular weight is 520 g/mol. The summed E-state index contributed by atoms with van der Waals surface area (Å²) in [4.78, 5) is 15.0. The van der Waals surface area contributed by atoms with Crippen LogP contribution in [0.15, 0.2) is 77.7 Å². The molecule has 1 aromatic heterocycles. The molecule has 0 saturated carbocycles. The van der Waals surface area contributed by atoms with Gasteiger partial charge in [0.15, 0.2) is 0 Å². The zero-order chi connectivity index (χ0) is 26.0. The lowest BCUT2D eigenvalue weighted by Crippen LogP contribution is -2.47. The van der Waals surface area contributed by atoms with Gasteiger partial charge in [0.2, 0.25) is 15.9 Å². The van der Waals surface area contributed by atoms with Crippen molar-refractivity contribution in [2.75, 3.05) is 26.2 Å². The summed E-state index contributed by atoms with van der Waals surface area (Å²) in [7, 11) is -3.99. The van der Waals surface area contributed by atoms with Crippen molar-refractivity contribution in [3.63, 3.8) is 0 Å². The lowest BCUT2D eigenvalue weighted by Gasteiger charge is -2.30. The molecule has 0 aliphatic carbocycles. The Morgan fingerprint density at radius 2 is 1.46 bits per heavy atom. The Kier molecular flexibility index (Phi) is 7.33. The van der Waals surface area contributed by atoms with Crippen LogP contribution in [0, 0.1) is 6.92 Å². The molecule has 0 spiro atoms. The minimum atomic E-state index is -3.99. The van der Waals surface area contributed by atoms with Gasteiger partial charge in [-0.05, 0) is 50.5 Å². The van der Waals surface area contributed by atoms with E-state index in [1.807, 2.05) is 60.0 Å². The average Bonchev–Trinajstić information content (AvgIpc) is 3.22. The summed E-state index contributed by atoms with van der Waals surface area (Å²) in [6.07, 6.45) is 1.90. The van der Waals surface area contributed by atoms with Gasteiger partial charge in [0.05, 0.1) is 24.1 Å². The Balaban J connectivity index is 1.44. The fraction of sp³-hybridized carbons (Fsp3) is 0.345. The van der Waals surface area contributed by atoms with E-state index < -0.39 is 16.1 Å². The van der Waals surface area contributed by atoms with E-state index in [1.54, 1.807) is 29.2 Å². The molecule has 1 aliphatic rings. The molecule has 2 heterocycles. The number of aliphatic hydroxyl groups excluding tert-OH is 1. The van der Waals surface area contributed by atoms with Gasteiger partial charge in [-0.15, -0.1) is 0 Å². The van der Waals surface area contributed by atoms with Crippen molar-refractivity contribution < 1.29 is 18.3 Å². The van der Waals surface area contributed by atoms with E-state index in [1.165, 1.54) is 0 Å². The summed E-state index contributed by atoms with van der Waals surface area (Å²) in [5, 5.41) is 13.4. The molecule has 0 unspecified atom stereocenters. The van der Waals surface area contributed by atoms with Gasteiger partial charge in [-0.2, -0.15) is 4.31 Å². The highest BCUT2D eigenvalue weighted by molar-refractivity contribution is 7.89. The third-order valence-electron chi connectivity index (χ3n) is 7.17. The Morgan fingerprint density at radius 1 is 0.892 bits per heavy atom. The smallest absolute Gasteiger partial charge is 0.243 e. The molecule has 4 aromatic rings. The Bertz CT molecular complexity index is 1450. The van der Waals surface area contributed by atoms with E-state index >= 15 is 0 Å². The van der Waals surface area contributed by atoms with Gasteiger partial charge in [0, 0.05) is 41.4 Å². The number of benzene rings is 3. The molecule has 5 rings (SSSR count). The first-order valence-electron chi connectivity index (χ1n) is 12.8. The van der Waals surface area contributed by atoms with Gasteiger partial charge in [-0.25, -0.2) is 8.42 Å². The zero-order valence-corrected chi connectivity index (χ0v) is 21.9. The van der Waals surface area contributed by atoms with Gasteiger partial charge in [-0.3, -0.25) is 4.79 Å². The highest BCUT2D eigenvalue weighted by Gasteiger charge is 2.31. The molecule has 37 heavy (non-hydrogen) atoms. The fourth-order valence-electron chi connectivity index (χ4n) is 5.20. The fourth-order valence-corrected chi connectivity index (χ4v) is 6.63. The Hall–Kier alpha value is -3.20. The third kappa shape index (κ3) is 5.28. The molecule has 0 radical (unpaired) electrons. The van der Waals surface area contributed by atoms with Crippen molar-refractivity contribution in [2.45, 2.75) is 43.7 Å². The second-order valence-corrected chi connectivity index (χ2v) is 11.8. The Morgan fingerprint density at radius 3 is 2.05 bits per heavy atom. The van der Waals surface area contributed by atoms with Crippen LogP contribution in [0.2, 0.25) is 0 Å². The van der Waals surface area contributed by atoms with Crippen LogP contribution >= 0.6 is 0 Å². The van der Waals surface area contributed by atoms with Gasteiger partial charge >= 0.3 is 0 Å². The molecule has 194 valence electrons. The molecule has 1 aliphatic heterocycles. The molecule has 1 fully saturated rings. The van der Waals surface area contributed by atoms with Gasteiger partial charge in [0.1, 0.15) is 0 Å². The second kappa shape index (κ2) is 10.7. The van der Waals surface area contributed by atoms with Crippen LogP contribution in [0.3, 0.4) is 0 Å². The SMILES string of the molecule is Cc1ccc(S(=O)(=O)N(CC(=O)N2CCCCC2)C[C@H](O)Cn2c3ccccc3c3ccccc32)cc1. The highest BCUT2D eigenvalue weighted by atomic mass is 32.2. The summed E-state index contributed by atoms with van der Waals surface area (Å²) in [6, 6.07) is 22.6. The number of sulfonamides is 1. The number of aromatic nitrogens is 1. The van der Waals surface area contributed by atoms with Crippen molar-refractivity contribution in [1.82, 2.24) is 13.8 Å². The number of carbonyl (C=O) groups is 1. The minimum Gasteiger partial charge on any atom is -0.390 e. The maximum Gasteiger partial charge on any atom is 0.243 e. The van der Waals surface area contributed by atoms with E-state index in [-0.39, 0.29) is 30.4 Å². The normalized spacial score (nSPS) is 15.5. The maximum atomic E-state index is 13.7. The van der Waals surface area contributed by atoms with E-state index in [0.29, 0.717) is 13.1 Å². The van der Waals surface area contributed by atoms with Crippen LogP contribution in [0.5, 0.6) is 0 Å². The standard InChI is InChI=1S/C29H33N3O4S/c1-22-13-15-24(16-14-22)37(35,36)31(21-29(34)30-17-7-2-8-18-30)19-23(33)20-32-27-11-5-3-9-25(27)26-10-4-6-12-28(26)32/h3-6,9-16,23,33H,2,7-8,17-21H2,1H3/t23-/m0/s1. The predicted octanol–water partition coefficient (Wildman–Crippen LogP) is 4.17. The summed E-state index contributed by atoms with van der Waals surface area (Å²) in [6.45, 7) is 2.90. The lowest BCUT2D eigenvalue weighted by molar-refractivity contribution is -0.132. The summed E-state index contributed by atoms with van der Waals surface area (Å²) in [5.74, 6) is -0.223. The summed E-state index contributed by atoms with van der Waals surface area (Å²) in [5.41, 5.74) is 2.89. The van der Waals surface area contributed by atoms with Crippen molar-refractivity contribution in [1.29, 1.82) is 0 Å². The number of likely N-dealkylation sites (tertiary alicyclic amines) is 1. The van der Waals surface area contributed by atoms with Crippen molar-refractivity contribution in [2.24, 2.45) is 0 Å². The second-order valence-electron chi connectivity index (χ2n) is 9.85. The zero-order valence-electron chi connectivity index (χ0n) is 21.1. The van der Waals surface area contributed by atoms with Crippen molar-refractivity contribution >= 4 is 37.7 Å². The number of carbonyl (C=O) groups excluding carboxylic acids is 1. The third-order valence-corrected chi connectivity index (χ3v) is 8.99. The molecular formula is C29H33N3O4S. The number of nitrogens with zero attached hydrogens (tertiary/aromatic N) is 3. The number of aliphatic hydroxyl groups is 1. The number of amides is 1. The maximum absolute atomic E-state index is 13.7. The van der Waals surface area contributed by atoms with E-state index in [2.05, 4.69) is 0 Å². The molecule has 8 heteroatoms. The van der Waals surface area contributed by atoms with E-state index in [9.17, 15) is 18.3 Å². The first-order valence-corrected chi connectivity index (χ1v) is 14.3. The number of hydrogen-bond donors (Lipinski definition) is 1. The van der Waals surface area contributed by atoms with Crippen LogP contribution in [-0.4, -0.2) is 65.5 Å². The minimum absolute atomic E-state index is 0.119. The molecule has 7 nitrogen and oxygen atoms in total. The first kappa shape index (κ1) is 25.4. The number of rotatable bonds is 8. The van der Waals surface area contributed by atoms with Crippen LogP contribution in [-0.2, 0) is 21.4 Å². The lowest BCUT2D eigenvalue weighted by atomic mass is 10.1. The topological polar surface area (TPSA) is 82.8 Å². The van der Waals surface area contributed by atoms with Crippen LogP contribution < -0.4 is 0 Å². The number of hydrogen-bond acceptors (Lipinski definition) is 4. The monoisotopic (exact) mass is 519 g/mol. The number of para-hydroxylation sites is 2. The molecule has 0 bridgehead atoms.